The van der Waals surface area contributed by atoms with Crippen LogP contribution in [-0.2, 0) is 6.54 Å². The average Bonchev–Trinajstić information content (AvgIpc) is 3.32. The number of rotatable bonds is 9. The van der Waals surface area contributed by atoms with Crippen molar-refractivity contribution in [2.24, 2.45) is 0 Å². The van der Waals surface area contributed by atoms with E-state index < -0.39 is 144 Å². The third-order valence-electron chi connectivity index (χ3n) is 10.2. The van der Waals surface area contributed by atoms with Crippen LogP contribution in [0.3, 0.4) is 0 Å². The molecule has 1 heterocycles. The minimum atomic E-state index is -7.22. The van der Waals surface area contributed by atoms with Crippen LogP contribution in [0.2, 0.25) is 0 Å². The van der Waals surface area contributed by atoms with Crippen molar-refractivity contribution in [1.82, 2.24) is 0 Å². The Balaban J connectivity index is 0.000000279. The maximum absolute atomic E-state index is 15.4. The molecule has 0 radical (unpaired) electrons. The van der Waals surface area contributed by atoms with Gasteiger partial charge >= 0.3 is 5.88 Å². The highest BCUT2D eigenvalue weighted by Crippen LogP contribution is 2.31. The molecule has 0 aliphatic carbocycles. The summed E-state index contributed by atoms with van der Waals surface area (Å²) in [4.78, 5) is 12.5. The van der Waals surface area contributed by atoms with Crippen LogP contribution in [0.5, 0.6) is 5.88 Å². The fourth-order valence-electron chi connectivity index (χ4n) is 7.33. The lowest BCUT2D eigenvalue weighted by Crippen LogP contribution is -2.81. The second kappa shape index (κ2) is 18.8. The van der Waals surface area contributed by atoms with Crippen LogP contribution < -0.4 is 31.2 Å². The zero-order valence-electron chi connectivity index (χ0n) is 32.1. The predicted molar refractivity (Wildman–Crippen MR) is 199 cm³/mol. The number of Topliss-reactive ketones (excluding diaryl/α,β-unsaturated/α-hetero) is 1. The van der Waals surface area contributed by atoms with Crippen LogP contribution in [0.4, 0.5) is 87.8 Å². The summed E-state index contributed by atoms with van der Waals surface area (Å²) in [5.41, 5.74) is -12.7. The molecule has 0 amide bonds. The first kappa shape index (κ1) is 49.6. The quantitative estimate of drug-likeness (QED) is 0.0229. The van der Waals surface area contributed by atoms with E-state index in [0.29, 0.717) is 11.4 Å². The Morgan fingerprint density at radius 1 is 0.403 bits per heavy atom. The molecule has 0 spiro atoms. The third-order valence-corrected chi connectivity index (χ3v) is 10.3. The largest absolute Gasteiger partial charge is 0.434 e. The van der Waals surface area contributed by atoms with E-state index in [1.54, 1.807) is 0 Å². The van der Waals surface area contributed by atoms with Crippen molar-refractivity contribution in [1.29, 1.82) is 0 Å². The van der Waals surface area contributed by atoms with Gasteiger partial charge in [-0.05, 0) is 12.1 Å². The molecule has 7 aromatic rings. The number of fused-ring (bicyclic) bond motifs is 1. The fourth-order valence-corrected chi connectivity index (χ4v) is 7.46. The summed E-state index contributed by atoms with van der Waals surface area (Å²) < 4.78 is 301. The molecule has 1 aromatic heterocycles. The number of pyridine rings is 1. The molecule has 0 atom stereocenters. The predicted octanol–water partition coefficient (Wildman–Crippen LogP) is 9.12. The number of nitrogens with zero attached hydrogens (tertiary/aromatic N) is 1. The van der Waals surface area contributed by atoms with E-state index in [4.69, 9.17) is 4.74 Å². The van der Waals surface area contributed by atoms with Crippen molar-refractivity contribution in [2.45, 2.75) is 6.54 Å². The highest BCUT2D eigenvalue weighted by molar-refractivity contribution is 7.80. The molecule has 0 aliphatic rings. The van der Waals surface area contributed by atoms with Crippen molar-refractivity contribution in [3.05, 3.63) is 189 Å². The van der Waals surface area contributed by atoms with Crippen molar-refractivity contribution in [2.75, 3.05) is 5.94 Å². The average molecular weight is 989 g/mol. The number of hydrogen-bond acceptors (Lipinski definition) is 3. The Bertz CT molecular complexity index is 2780. The van der Waals surface area contributed by atoms with Gasteiger partial charge in [0.05, 0.1) is 6.07 Å². The lowest BCUT2D eigenvalue weighted by atomic mass is 9.12. The lowest BCUT2D eigenvalue weighted by Gasteiger charge is -2.44. The third kappa shape index (κ3) is 7.94. The first-order valence-corrected chi connectivity index (χ1v) is 18.6. The van der Waals surface area contributed by atoms with Gasteiger partial charge in [-0.2, -0.15) is 4.57 Å². The van der Waals surface area contributed by atoms with Gasteiger partial charge in [0.15, 0.2) is 69.8 Å². The number of halogens is 20. The molecule has 7 rings (SSSR count). The number of hydrogen-bond donors (Lipinski definition) is 1. The molecule has 350 valence electrons. The van der Waals surface area contributed by atoms with Crippen molar-refractivity contribution >= 4 is 57.3 Å². The number of aromatic nitrogens is 1. The van der Waals surface area contributed by atoms with Crippen LogP contribution in [0, 0.1) is 116 Å². The summed E-state index contributed by atoms with van der Waals surface area (Å²) in [5.74, 6) is -70.5. The molecule has 67 heavy (non-hydrogen) atoms. The maximum Gasteiger partial charge on any atom is 0.369 e. The van der Waals surface area contributed by atoms with Crippen molar-refractivity contribution in [3.63, 3.8) is 0 Å². The molecule has 0 bridgehead atoms. The smallest absolute Gasteiger partial charge is 0.369 e. The molecular formula is C42H16BF20NO2S. The molecule has 0 N–H and O–H groups in total. The Hall–Kier alpha value is -6.79. The van der Waals surface area contributed by atoms with Gasteiger partial charge in [0.25, 0.3) is 0 Å². The van der Waals surface area contributed by atoms with E-state index in [1.165, 1.54) is 0 Å². The van der Waals surface area contributed by atoms with E-state index in [2.05, 4.69) is 12.6 Å². The Morgan fingerprint density at radius 3 is 1.03 bits per heavy atom. The first-order valence-electron chi connectivity index (χ1n) is 18.0. The number of para-hydroxylation sites is 1. The first-order chi connectivity index (χ1) is 31.5. The van der Waals surface area contributed by atoms with Crippen molar-refractivity contribution in [3.8, 4) is 5.88 Å². The number of ether oxygens (including phenoxy) is 1. The minimum Gasteiger partial charge on any atom is -0.434 e. The summed E-state index contributed by atoms with van der Waals surface area (Å²) in [7, 11) is 0. The van der Waals surface area contributed by atoms with Crippen LogP contribution in [0.15, 0.2) is 66.7 Å². The molecule has 0 saturated heterocycles. The number of benzene rings is 6. The van der Waals surface area contributed by atoms with Crippen LogP contribution >= 0.6 is 12.6 Å². The highest BCUT2D eigenvalue weighted by atomic mass is 32.1. The van der Waals surface area contributed by atoms with E-state index in [0.717, 1.165) is 10.9 Å². The Labute approximate surface area is 365 Å². The topological polar surface area (TPSA) is 30.2 Å². The van der Waals surface area contributed by atoms with Crippen molar-refractivity contribution < 1.29 is 102 Å². The lowest BCUT2D eigenvalue weighted by molar-refractivity contribution is -0.662. The second-order valence-electron chi connectivity index (χ2n) is 13.7. The summed E-state index contributed by atoms with van der Waals surface area (Å²) in [6, 6.07) is 21.1. The molecule has 0 aliphatic heterocycles. The van der Waals surface area contributed by atoms with Crippen LogP contribution in [0.1, 0.15) is 10.4 Å². The summed E-state index contributed by atoms with van der Waals surface area (Å²) in [5, 5.41) is 1.06. The summed E-state index contributed by atoms with van der Waals surface area (Å²) in [6.07, 6.45) is -7.22. The zero-order valence-corrected chi connectivity index (χ0v) is 33.0. The minimum absolute atomic E-state index is 0.0472. The van der Waals surface area contributed by atoms with E-state index >= 15 is 35.1 Å². The standard InChI is InChI=1S/C24BF20.C18H15NO2S/c26-5-1(6(27)14(35)21(42)13(5)34)25(2-7(28)15(36)22(43)16(37)8(2)29,3-9(30)17(38)23(44)18(39)10(3)31)4-11(32)19(40)24(45)20(41)12(4)33;20-17(15-7-2-1-3-8-15)12-19-16-9-5-4-6-14(16)10-11-18(19)21-13-22/h;1-11H,12-13H2/q-1;/p+1. The van der Waals surface area contributed by atoms with E-state index in [1.807, 2.05) is 71.3 Å². The Morgan fingerprint density at radius 2 is 0.701 bits per heavy atom. The van der Waals surface area contributed by atoms with Gasteiger partial charge in [-0.15, -0.1) is 34.5 Å². The van der Waals surface area contributed by atoms with Gasteiger partial charge in [-0.3, -0.25) is 4.79 Å². The summed E-state index contributed by atoms with van der Waals surface area (Å²) >= 11 is 4.11. The van der Waals surface area contributed by atoms with E-state index in [9.17, 15) is 57.5 Å². The fraction of sp³-hybridized carbons (Fsp3) is 0.0476. The zero-order chi connectivity index (χ0) is 49.7. The van der Waals surface area contributed by atoms with Gasteiger partial charge in [-0.25, -0.2) is 87.8 Å². The number of carbonyl (C=O) groups is 1. The highest BCUT2D eigenvalue weighted by Gasteiger charge is 2.52. The molecule has 25 heteroatoms. The van der Waals surface area contributed by atoms with Gasteiger partial charge in [0, 0.05) is 17.0 Å². The monoisotopic (exact) mass is 989 g/mol. The second-order valence-corrected chi connectivity index (χ2v) is 13.9. The van der Waals surface area contributed by atoms with Gasteiger partial charge in [-0.1, -0.05) is 42.5 Å². The van der Waals surface area contributed by atoms with Gasteiger partial charge in [0.2, 0.25) is 17.8 Å². The van der Waals surface area contributed by atoms with Gasteiger partial charge < -0.3 is 4.74 Å². The number of carbonyl (C=O) groups excluding carboxylic acids is 1. The summed E-state index contributed by atoms with van der Waals surface area (Å²) in [6.45, 7) is 0.231. The molecule has 3 nitrogen and oxygen atoms in total. The van der Waals surface area contributed by atoms with E-state index in [-0.39, 0.29) is 18.3 Å². The normalized spacial score (nSPS) is 11.5. The van der Waals surface area contributed by atoms with Crippen LogP contribution in [0.25, 0.3) is 10.9 Å². The maximum atomic E-state index is 15.4. The Kier molecular flexibility index (Phi) is 14.0. The molecular weight excluding hydrogens is 973 g/mol. The SMILES string of the molecule is Fc1c(F)c(F)c([B-](c2c(F)c(F)c(F)c(F)c2F)(c2c(F)c(F)c(F)c(F)c2F)c2c(F)c(F)c(F)c(F)c2F)c(F)c1F.O=C(C[n+]1c(OCS)ccc2ccccc21)c1ccccc1. The molecule has 6 aromatic carbocycles. The number of thiol groups is 1. The molecule has 0 fully saturated rings. The van der Waals surface area contributed by atoms with Crippen LogP contribution in [-0.4, -0.2) is 17.9 Å². The number of ketones is 1. The molecule has 0 unspecified atom stereocenters. The molecule has 0 saturated carbocycles. The van der Waals surface area contributed by atoms with Gasteiger partial charge in [0.1, 0.15) is 58.6 Å².